The maximum atomic E-state index is 15.2. The molecule has 2 amide bonds. The first-order chi connectivity index (χ1) is 19.8. The predicted octanol–water partition coefficient (Wildman–Crippen LogP) is 5.85. The molecule has 1 saturated carbocycles. The molecule has 0 aliphatic heterocycles. The molecule has 1 aliphatic carbocycles. The highest BCUT2D eigenvalue weighted by atomic mass is 19.1. The van der Waals surface area contributed by atoms with Crippen LogP contribution in [-0.2, 0) is 16.1 Å². The number of rotatable bonds is 10. The number of halogens is 2. The summed E-state index contributed by atoms with van der Waals surface area (Å²) in [6, 6.07) is 18.7. The lowest BCUT2D eigenvalue weighted by atomic mass is 10.0. The first-order valence-corrected chi connectivity index (χ1v) is 12.9. The summed E-state index contributed by atoms with van der Waals surface area (Å²) >= 11 is 0. The molecule has 1 fully saturated rings. The predicted molar refractivity (Wildman–Crippen MR) is 153 cm³/mol. The number of aromatic nitrogens is 1. The summed E-state index contributed by atoms with van der Waals surface area (Å²) < 4.78 is 34.2. The zero-order valence-electron chi connectivity index (χ0n) is 21.8. The molecule has 41 heavy (non-hydrogen) atoms. The Balaban J connectivity index is 1.30. The fourth-order valence-corrected chi connectivity index (χ4v) is 4.42. The minimum absolute atomic E-state index is 0.123. The van der Waals surface area contributed by atoms with Gasteiger partial charge >= 0.3 is 0 Å². The van der Waals surface area contributed by atoms with E-state index < -0.39 is 28.9 Å². The van der Waals surface area contributed by atoms with Crippen molar-refractivity contribution in [1.29, 1.82) is 5.41 Å². The Hall–Kier alpha value is -5.09. The molecular formula is C31H27F2N5O3. The highest BCUT2D eigenvalue weighted by molar-refractivity contribution is 6.16. The van der Waals surface area contributed by atoms with Gasteiger partial charge in [0.05, 0.1) is 5.69 Å². The van der Waals surface area contributed by atoms with Gasteiger partial charge in [0.15, 0.2) is 17.3 Å². The van der Waals surface area contributed by atoms with Crippen LogP contribution in [0.25, 0.3) is 16.9 Å². The average Bonchev–Trinajstić information content (AvgIpc) is 3.65. The Morgan fingerprint density at radius 3 is 2.34 bits per heavy atom. The molecule has 0 atom stereocenters. The fraction of sp³-hybridized carbons (Fsp3) is 0.129. The van der Waals surface area contributed by atoms with Gasteiger partial charge in [0.25, 0.3) is 0 Å². The van der Waals surface area contributed by atoms with Crippen molar-refractivity contribution in [3.8, 4) is 16.9 Å². The van der Waals surface area contributed by atoms with Crippen molar-refractivity contribution in [2.24, 2.45) is 11.1 Å². The monoisotopic (exact) mass is 555 g/mol. The number of carbonyl (C=O) groups is 2. The highest BCUT2D eigenvalue weighted by Crippen LogP contribution is 2.47. The second kappa shape index (κ2) is 11.6. The fourth-order valence-electron chi connectivity index (χ4n) is 4.42. The van der Waals surface area contributed by atoms with Crippen molar-refractivity contribution < 1.29 is 23.1 Å². The van der Waals surface area contributed by atoms with Crippen molar-refractivity contribution in [2.75, 3.05) is 10.6 Å². The van der Waals surface area contributed by atoms with Crippen molar-refractivity contribution in [2.45, 2.75) is 19.4 Å². The van der Waals surface area contributed by atoms with E-state index in [9.17, 15) is 14.0 Å². The van der Waals surface area contributed by atoms with Crippen LogP contribution >= 0.6 is 0 Å². The molecule has 0 radical (unpaired) electrons. The molecule has 208 valence electrons. The molecule has 1 aliphatic rings. The number of hydrogen-bond donors (Lipinski definition) is 5. The lowest BCUT2D eigenvalue weighted by Crippen LogP contribution is -2.35. The maximum absolute atomic E-state index is 15.2. The standard InChI is InChI=1S/C31H27F2N5O3/c32-21-4-6-22(7-5-21)37-29(39)31(12-13-31)30(40)38-23-8-9-26(25(33)17-23)41-27(10-14-34)28-24(11-15-36-28)20-3-1-2-19(16-20)18-35/h1-11,14-17,34,36H,12-13,18,35H2,(H,37,39)(H,38,40)/b27-10+,34-14?. The molecule has 8 nitrogen and oxygen atoms in total. The number of nitrogens with two attached hydrogens (primary N) is 1. The van der Waals surface area contributed by atoms with Gasteiger partial charge in [-0.3, -0.25) is 9.59 Å². The number of aromatic amines is 1. The van der Waals surface area contributed by atoms with Crippen LogP contribution in [0.5, 0.6) is 5.75 Å². The number of ether oxygens (including phenoxy) is 1. The number of benzene rings is 3. The molecule has 0 saturated heterocycles. The van der Waals surface area contributed by atoms with Gasteiger partial charge in [0.2, 0.25) is 11.8 Å². The number of hydrogen-bond acceptors (Lipinski definition) is 5. The van der Waals surface area contributed by atoms with E-state index in [1.54, 1.807) is 6.20 Å². The zero-order chi connectivity index (χ0) is 29.0. The van der Waals surface area contributed by atoms with E-state index in [1.165, 1.54) is 42.5 Å². The number of amides is 2. The molecule has 3 aromatic carbocycles. The van der Waals surface area contributed by atoms with Gasteiger partial charge in [-0.1, -0.05) is 18.2 Å². The molecule has 0 spiro atoms. The molecule has 0 unspecified atom stereocenters. The summed E-state index contributed by atoms with van der Waals surface area (Å²) in [5, 5.41) is 12.8. The van der Waals surface area contributed by atoms with Crippen LogP contribution in [0, 0.1) is 22.5 Å². The van der Waals surface area contributed by atoms with Crippen molar-refractivity contribution >= 4 is 35.2 Å². The Morgan fingerprint density at radius 2 is 1.68 bits per heavy atom. The number of H-pyrrole nitrogens is 1. The number of carbonyl (C=O) groups excluding carboxylic acids is 2. The largest absolute Gasteiger partial charge is 0.452 e. The van der Waals surface area contributed by atoms with Gasteiger partial charge in [-0.2, -0.15) is 0 Å². The van der Waals surface area contributed by atoms with E-state index in [0.29, 0.717) is 30.8 Å². The summed E-state index contributed by atoms with van der Waals surface area (Å²) in [5.74, 6) is -2.18. The lowest BCUT2D eigenvalue weighted by molar-refractivity contribution is -0.131. The van der Waals surface area contributed by atoms with E-state index in [1.807, 2.05) is 30.3 Å². The van der Waals surface area contributed by atoms with Gasteiger partial charge in [-0.25, -0.2) is 8.78 Å². The number of nitrogens with one attached hydrogen (secondary N) is 4. The van der Waals surface area contributed by atoms with Crippen molar-refractivity contribution in [1.82, 2.24) is 4.98 Å². The lowest BCUT2D eigenvalue weighted by Gasteiger charge is -2.16. The summed E-state index contributed by atoms with van der Waals surface area (Å²) in [5.41, 5.74) is 8.16. The topological polar surface area (TPSA) is 133 Å². The molecule has 0 bridgehead atoms. The van der Waals surface area contributed by atoms with Gasteiger partial charge in [-0.15, -0.1) is 0 Å². The summed E-state index contributed by atoms with van der Waals surface area (Å²) in [4.78, 5) is 28.9. The smallest absolute Gasteiger partial charge is 0.240 e. The van der Waals surface area contributed by atoms with E-state index in [0.717, 1.165) is 29.0 Å². The van der Waals surface area contributed by atoms with Gasteiger partial charge < -0.3 is 31.5 Å². The summed E-state index contributed by atoms with van der Waals surface area (Å²) in [7, 11) is 0. The summed E-state index contributed by atoms with van der Waals surface area (Å²) in [6.45, 7) is 0.376. The van der Waals surface area contributed by atoms with Crippen LogP contribution in [0.15, 0.2) is 85.1 Å². The molecule has 4 aromatic rings. The Kier molecular flexibility index (Phi) is 7.75. The summed E-state index contributed by atoms with van der Waals surface area (Å²) in [6.07, 6.45) is 4.82. The molecule has 10 heteroatoms. The Labute approximate surface area is 234 Å². The van der Waals surface area contributed by atoms with E-state index in [2.05, 4.69) is 15.6 Å². The third kappa shape index (κ3) is 5.92. The van der Waals surface area contributed by atoms with Crippen LogP contribution in [0.3, 0.4) is 0 Å². The third-order valence-electron chi connectivity index (χ3n) is 6.83. The first kappa shape index (κ1) is 27.5. The van der Waals surface area contributed by atoms with Gasteiger partial charge in [0.1, 0.15) is 11.2 Å². The zero-order valence-corrected chi connectivity index (χ0v) is 21.8. The molecule has 1 heterocycles. The van der Waals surface area contributed by atoms with E-state index in [4.69, 9.17) is 15.9 Å². The maximum Gasteiger partial charge on any atom is 0.240 e. The highest BCUT2D eigenvalue weighted by Gasteiger charge is 2.56. The van der Waals surface area contributed by atoms with Crippen LogP contribution in [0.2, 0.25) is 0 Å². The van der Waals surface area contributed by atoms with Crippen molar-refractivity contribution in [3.63, 3.8) is 0 Å². The second-order valence-electron chi connectivity index (χ2n) is 9.61. The van der Waals surface area contributed by atoms with E-state index >= 15 is 4.39 Å². The van der Waals surface area contributed by atoms with Crippen LogP contribution in [0.4, 0.5) is 20.2 Å². The quantitative estimate of drug-likeness (QED) is 0.0954. The van der Waals surface area contributed by atoms with Crippen LogP contribution < -0.4 is 21.1 Å². The second-order valence-corrected chi connectivity index (χ2v) is 9.61. The minimum atomic E-state index is -1.29. The average molecular weight is 556 g/mol. The minimum Gasteiger partial charge on any atom is -0.452 e. The van der Waals surface area contributed by atoms with Crippen LogP contribution in [-0.4, -0.2) is 23.0 Å². The first-order valence-electron chi connectivity index (χ1n) is 12.9. The normalized spacial score (nSPS) is 13.8. The molecular weight excluding hydrogens is 528 g/mol. The number of allylic oxidation sites excluding steroid dienone is 1. The number of anilines is 2. The van der Waals surface area contributed by atoms with Crippen molar-refractivity contribution in [3.05, 3.63) is 108 Å². The van der Waals surface area contributed by atoms with E-state index in [-0.39, 0.29) is 17.2 Å². The van der Waals surface area contributed by atoms with Gasteiger partial charge in [-0.05, 0) is 72.5 Å². The SMILES string of the molecule is N=C/C=C(/Oc1ccc(NC(=O)C2(C(=O)Nc3ccc(F)cc3)CC2)cc1F)c1[nH]ccc1-c1cccc(CN)c1. The molecule has 5 rings (SSSR count). The Morgan fingerprint density at radius 1 is 0.976 bits per heavy atom. The molecule has 6 N–H and O–H groups in total. The Bertz CT molecular complexity index is 1640. The van der Waals surface area contributed by atoms with Gasteiger partial charge in [0, 0.05) is 48.0 Å². The van der Waals surface area contributed by atoms with Crippen LogP contribution in [0.1, 0.15) is 24.1 Å². The molecule has 1 aromatic heterocycles. The third-order valence-corrected chi connectivity index (χ3v) is 6.83.